The van der Waals surface area contributed by atoms with Gasteiger partial charge in [0.1, 0.15) is 12.3 Å². The molecule has 1 aromatic rings. The number of carboxylic acids is 1. The fourth-order valence-electron chi connectivity index (χ4n) is 2.88. The van der Waals surface area contributed by atoms with Crippen LogP contribution in [-0.4, -0.2) is 54.0 Å². The van der Waals surface area contributed by atoms with Crippen molar-refractivity contribution < 1.29 is 37.3 Å². The number of carbonyl (C=O) groups excluding carboxylic acids is 1. The van der Waals surface area contributed by atoms with Crippen LogP contribution >= 0.6 is 0 Å². The second kappa shape index (κ2) is 8.88. The van der Waals surface area contributed by atoms with E-state index in [1.807, 2.05) is 0 Å². The van der Waals surface area contributed by atoms with Crippen LogP contribution in [0, 0.1) is 0 Å². The summed E-state index contributed by atoms with van der Waals surface area (Å²) in [4.78, 5) is 24.9. The number of carbonyl (C=O) groups is 2. The third-order valence-electron chi connectivity index (χ3n) is 4.06. The molecule has 9 heteroatoms. The third kappa shape index (κ3) is 6.21. The van der Waals surface area contributed by atoms with Crippen molar-refractivity contribution in [3.8, 4) is 5.75 Å². The largest absolute Gasteiger partial charge is 0.573 e. The molecule has 0 bridgehead atoms. The van der Waals surface area contributed by atoms with E-state index in [0.717, 1.165) is 0 Å². The molecule has 1 saturated heterocycles. The molecule has 2 rings (SSSR count). The summed E-state index contributed by atoms with van der Waals surface area (Å²) in [6, 6.07) is 5.35. The molecule has 1 aromatic carbocycles. The van der Waals surface area contributed by atoms with Crippen LogP contribution in [0.15, 0.2) is 24.3 Å². The predicted molar refractivity (Wildman–Crippen MR) is 84.6 cm³/mol. The van der Waals surface area contributed by atoms with Crippen molar-refractivity contribution in [2.45, 2.75) is 38.1 Å². The van der Waals surface area contributed by atoms with Crippen molar-refractivity contribution in [2.24, 2.45) is 0 Å². The van der Waals surface area contributed by atoms with Gasteiger partial charge in [-0.1, -0.05) is 18.2 Å². The van der Waals surface area contributed by atoms with Gasteiger partial charge >= 0.3 is 12.3 Å². The summed E-state index contributed by atoms with van der Waals surface area (Å²) in [6.07, 6.45) is -3.84. The maximum atomic E-state index is 12.5. The van der Waals surface area contributed by atoms with E-state index in [4.69, 9.17) is 9.84 Å². The lowest BCUT2D eigenvalue weighted by atomic mass is 10.0. The summed E-state index contributed by atoms with van der Waals surface area (Å²) < 4.78 is 46.6. The SMILES string of the molecule is O=C(O)CN(C(=O)CCc1ccccc1OC(F)(F)F)C1CCOCC1. The van der Waals surface area contributed by atoms with Crippen LogP contribution in [0.1, 0.15) is 24.8 Å². The zero-order valence-corrected chi connectivity index (χ0v) is 14.0. The van der Waals surface area contributed by atoms with Crippen LogP contribution in [0.25, 0.3) is 0 Å². The molecule has 0 spiro atoms. The number of hydrogen-bond donors (Lipinski definition) is 1. The Balaban J connectivity index is 2.04. The average molecular weight is 375 g/mol. The van der Waals surface area contributed by atoms with Gasteiger partial charge < -0.3 is 19.5 Å². The first-order valence-electron chi connectivity index (χ1n) is 8.19. The van der Waals surface area contributed by atoms with Gasteiger partial charge in [0.15, 0.2) is 0 Å². The van der Waals surface area contributed by atoms with E-state index in [1.165, 1.54) is 23.1 Å². The van der Waals surface area contributed by atoms with Crippen LogP contribution in [0.2, 0.25) is 0 Å². The van der Waals surface area contributed by atoms with E-state index in [1.54, 1.807) is 6.07 Å². The van der Waals surface area contributed by atoms with E-state index in [9.17, 15) is 22.8 Å². The maximum Gasteiger partial charge on any atom is 0.573 e. The number of hydrogen-bond acceptors (Lipinski definition) is 4. The quantitative estimate of drug-likeness (QED) is 0.793. The minimum absolute atomic E-state index is 0.0183. The number of alkyl halides is 3. The maximum absolute atomic E-state index is 12.5. The smallest absolute Gasteiger partial charge is 0.480 e. The van der Waals surface area contributed by atoms with Gasteiger partial charge in [-0.3, -0.25) is 9.59 Å². The standard InChI is InChI=1S/C17H20F3NO5/c18-17(19,20)26-14-4-2-1-3-12(14)5-6-15(22)21(11-16(23)24)13-7-9-25-10-8-13/h1-4,13H,5-11H2,(H,23,24). The summed E-state index contributed by atoms with van der Waals surface area (Å²) in [7, 11) is 0. The summed E-state index contributed by atoms with van der Waals surface area (Å²) in [5, 5.41) is 9.05. The molecule has 0 aromatic heterocycles. The Labute approximate surface area is 148 Å². The number of carboxylic acid groups (broad SMARTS) is 1. The fraction of sp³-hybridized carbons (Fsp3) is 0.529. The molecular formula is C17H20F3NO5. The fourth-order valence-corrected chi connectivity index (χ4v) is 2.88. The molecule has 1 amide bonds. The number of aliphatic carboxylic acids is 1. The lowest BCUT2D eigenvalue weighted by Crippen LogP contribution is -2.46. The number of amides is 1. The summed E-state index contributed by atoms with van der Waals surface area (Å²) in [5.74, 6) is -1.91. The molecule has 1 heterocycles. The van der Waals surface area contributed by atoms with E-state index in [2.05, 4.69) is 4.74 Å². The topological polar surface area (TPSA) is 76.1 Å². The van der Waals surface area contributed by atoms with Gasteiger partial charge in [0, 0.05) is 25.7 Å². The Morgan fingerprint density at radius 1 is 1.23 bits per heavy atom. The molecule has 0 unspecified atom stereocenters. The van der Waals surface area contributed by atoms with Crippen molar-refractivity contribution in [2.75, 3.05) is 19.8 Å². The minimum atomic E-state index is -4.82. The number of aryl methyl sites for hydroxylation is 1. The van der Waals surface area contributed by atoms with Gasteiger partial charge in [-0.15, -0.1) is 13.2 Å². The summed E-state index contributed by atoms with van der Waals surface area (Å²) in [6.45, 7) is 0.441. The lowest BCUT2D eigenvalue weighted by Gasteiger charge is -2.33. The Kier molecular flexibility index (Phi) is 6.84. The van der Waals surface area contributed by atoms with Crippen LogP contribution in [0.3, 0.4) is 0 Å². The number of ether oxygens (including phenoxy) is 2. The second-order valence-electron chi connectivity index (χ2n) is 5.91. The highest BCUT2D eigenvalue weighted by Crippen LogP contribution is 2.27. The molecule has 0 saturated carbocycles. The Bertz CT molecular complexity index is 629. The van der Waals surface area contributed by atoms with Crippen LogP contribution < -0.4 is 4.74 Å². The second-order valence-corrected chi connectivity index (χ2v) is 5.91. The third-order valence-corrected chi connectivity index (χ3v) is 4.06. The molecule has 0 atom stereocenters. The van der Waals surface area contributed by atoms with Crippen molar-refractivity contribution >= 4 is 11.9 Å². The normalized spacial score (nSPS) is 15.5. The molecule has 1 aliphatic rings. The first-order chi connectivity index (χ1) is 12.3. The summed E-state index contributed by atoms with van der Waals surface area (Å²) in [5.41, 5.74) is 0.237. The molecular weight excluding hydrogens is 355 g/mol. The molecule has 0 radical (unpaired) electrons. The molecule has 0 aliphatic carbocycles. The van der Waals surface area contributed by atoms with Crippen molar-refractivity contribution in [1.82, 2.24) is 4.90 Å². The van der Waals surface area contributed by atoms with E-state index in [-0.39, 0.29) is 30.2 Å². The minimum Gasteiger partial charge on any atom is -0.480 e. The number of halogens is 3. The van der Waals surface area contributed by atoms with Crippen molar-refractivity contribution in [1.29, 1.82) is 0 Å². The molecule has 1 aliphatic heterocycles. The van der Waals surface area contributed by atoms with Crippen LogP contribution in [-0.2, 0) is 20.7 Å². The number of rotatable bonds is 7. The van der Waals surface area contributed by atoms with Crippen molar-refractivity contribution in [3.05, 3.63) is 29.8 Å². The van der Waals surface area contributed by atoms with Gasteiger partial charge in [-0.2, -0.15) is 0 Å². The van der Waals surface area contributed by atoms with E-state index in [0.29, 0.717) is 26.1 Å². The number of benzene rings is 1. The Morgan fingerprint density at radius 3 is 2.50 bits per heavy atom. The number of para-hydroxylation sites is 1. The van der Waals surface area contributed by atoms with E-state index >= 15 is 0 Å². The number of nitrogens with zero attached hydrogens (tertiary/aromatic N) is 1. The highest BCUT2D eigenvalue weighted by molar-refractivity contribution is 5.81. The monoisotopic (exact) mass is 375 g/mol. The predicted octanol–water partition coefficient (Wildman–Crippen LogP) is 2.61. The Hall–Kier alpha value is -2.29. The highest BCUT2D eigenvalue weighted by atomic mass is 19.4. The van der Waals surface area contributed by atoms with E-state index < -0.39 is 24.8 Å². The molecule has 6 nitrogen and oxygen atoms in total. The van der Waals surface area contributed by atoms with Gasteiger partial charge in [0.25, 0.3) is 0 Å². The van der Waals surface area contributed by atoms with Gasteiger partial charge in [0.2, 0.25) is 5.91 Å². The zero-order valence-electron chi connectivity index (χ0n) is 14.0. The van der Waals surface area contributed by atoms with Gasteiger partial charge in [-0.25, -0.2) is 0 Å². The van der Waals surface area contributed by atoms with Gasteiger partial charge in [-0.05, 0) is 30.9 Å². The molecule has 1 fully saturated rings. The van der Waals surface area contributed by atoms with Crippen LogP contribution in [0.4, 0.5) is 13.2 Å². The highest BCUT2D eigenvalue weighted by Gasteiger charge is 2.32. The first-order valence-corrected chi connectivity index (χ1v) is 8.19. The summed E-state index contributed by atoms with van der Waals surface area (Å²) >= 11 is 0. The zero-order chi connectivity index (χ0) is 19.2. The molecule has 1 N–H and O–H groups in total. The molecule has 26 heavy (non-hydrogen) atoms. The van der Waals surface area contributed by atoms with Crippen LogP contribution in [0.5, 0.6) is 5.75 Å². The molecule has 144 valence electrons. The van der Waals surface area contributed by atoms with Crippen molar-refractivity contribution in [3.63, 3.8) is 0 Å². The average Bonchev–Trinajstić information content (AvgIpc) is 2.58. The first kappa shape index (κ1) is 20.0. The van der Waals surface area contributed by atoms with Gasteiger partial charge in [0.05, 0.1) is 0 Å². The Morgan fingerprint density at radius 2 is 1.88 bits per heavy atom. The lowest BCUT2D eigenvalue weighted by molar-refractivity contribution is -0.274.